The number of carbonyl (C=O) groups excluding carboxylic acids is 2. The molecule has 70 heavy (non-hydrogen) atoms. The smallest absolute Gasteiger partial charge is 0.462 e. The summed E-state index contributed by atoms with van der Waals surface area (Å²) in [5.41, 5.74) is 5.39. The van der Waals surface area contributed by atoms with Crippen molar-refractivity contribution < 1.29 is 37.6 Å². The molecule has 10 heteroatoms. The van der Waals surface area contributed by atoms with Crippen LogP contribution in [-0.4, -0.2) is 49.3 Å². The molecule has 0 aliphatic carbocycles. The second-order valence-corrected chi connectivity index (χ2v) is 22.4. The van der Waals surface area contributed by atoms with Crippen molar-refractivity contribution in [2.24, 2.45) is 5.73 Å². The van der Waals surface area contributed by atoms with E-state index in [0.29, 0.717) is 6.42 Å². The first-order chi connectivity index (χ1) is 34.3. The highest BCUT2D eigenvalue weighted by Gasteiger charge is 2.26. The molecule has 2 unspecified atom stereocenters. The van der Waals surface area contributed by atoms with E-state index in [0.717, 1.165) is 32.1 Å². The number of carbonyl (C=O) groups is 2. The molecule has 0 saturated carbocycles. The average Bonchev–Trinajstić information content (AvgIpc) is 3.35. The van der Waals surface area contributed by atoms with Crippen LogP contribution in [0.1, 0.15) is 328 Å². The Hall–Kier alpha value is -1.25. The molecule has 9 nitrogen and oxygen atoms in total. The van der Waals surface area contributed by atoms with E-state index < -0.39 is 26.5 Å². The number of hydrogen-bond donors (Lipinski definition) is 2. The third-order valence-corrected chi connectivity index (χ3v) is 14.9. The normalized spacial score (nSPS) is 13.0. The zero-order valence-electron chi connectivity index (χ0n) is 46.5. The van der Waals surface area contributed by atoms with Crippen molar-refractivity contribution in [1.29, 1.82) is 0 Å². The molecule has 0 aromatic rings. The summed E-state index contributed by atoms with van der Waals surface area (Å²) in [5.74, 6) is -0.807. The van der Waals surface area contributed by atoms with Crippen molar-refractivity contribution in [2.75, 3.05) is 26.4 Å². The minimum Gasteiger partial charge on any atom is -0.462 e. The molecule has 0 rings (SSSR count). The van der Waals surface area contributed by atoms with Crippen molar-refractivity contribution in [3.8, 4) is 0 Å². The van der Waals surface area contributed by atoms with E-state index in [1.807, 2.05) is 0 Å². The Balaban J connectivity index is 3.89. The molecule has 0 heterocycles. The van der Waals surface area contributed by atoms with Crippen LogP contribution in [0.25, 0.3) is 0 Å². The van der Waals surface area contributed by atoms with Gasteiger partial charge in [0.25, 0.3) is 0 Å². The van der Waals surface area contributed by atoms with Crippen molar-refractivity contribution >= 4 is 19.8 Å². The van der Waals surface area contributed by atoms with Crippen molar-refractivity contribution in [3.05, 3.63) is 12.2 Å². The van der Waals surface area contributed by atoms with Gasteiger partial charge in [0.15, 0.2) is 6.10 Å². The SMILES string of the molecule is CCCCCCCCCC/C=C\CCCCCCCCCCCCCC(=O)OC(COC(=O)CCCCCCCCCCCCCCCCCCCCCCCCCCCC)COP(=O)(O)OCCN. The number of unbranched alkanes of at least 4 members (excludes halogenated alkanes) is 44. The van der Waals surface area contributed by atoms with E-state index in [1.54, 1.807) is 0 Å². The molecule has 416 valence electrons. The van der Waals surface area contributed by atoms with E-state index in [1.165, 1.54) is 263 Å². The third kappa shape index (κ3) is 56.1. The lowest BCUT2D eigenvalue weighted by atomic mass is 10.0. The molecule has 0 radical (unpaired) electrons. The molecule has 0 bridgehead atoms. The molecule has 0 aliphatic heterocycles. The predicted molar refractivity (Wildman–Crippen MR) is 298 cm³/mol. The quantitative estimate of drug-likeness (QED) is 0.0264. The second kappa shape index (κ2) is 57.0. The molecule has 0 saturated heterocycles. The lowest BCUT2D eigenvalue weighted by Gasteiger charge is -2.19. The van der Waals surface area contributed by atoms with Gasteiger partial charge in [0.05, 0.1) is 13.2 Å². The van der Waals surface area contributed by atoms with Crippen LogP contribution in [-0.2, 0) is 32.7 Å². The van der Waals surface area contributed by atoms with Crippen LogP contribution < -0.4 is 5.73 Å². The summed E-state index contributed by atoms with van der Waals surface area (Å²) >= 11 is 0. The molecule has 0 spiro atoms. The molecular weight excluding hydrogens is 894 g/mol. The fourth-order valence-electron chi connectivity index (χ4n) is 9.34. The summed E-state index contributed by atoms with van der Waals surface area (Å²) in [5, 5.41) is 0. The number of rotatable bonds is 59. The first-order valence-electron chi connectivity index (χ1n) is 30.7. The largest absolute Gasteiger partial charge is 0.472 e. The number of esters is 2. The number of hydrogen-bond acceptors (Lipinski definition) is 8. The first-order valence-corrected chi connectivity index (χ1v) is 32.2. The zero-order valence-corrected chi connectivity index (χ0v) is 47.4. The Bertz CT molecular complexity index is 1150. The van der Waals surface area contributed by atoms with Gasteiger partial charge in [-0.3, -0.25) is 18.6 Å². The molecule has 3 N–H and O–H groups in total. The zero-order chi connectivity index (χ0) is 51.0. The Labute approximate surface area is 434 Å². The lowest BCUT2D eigenvalue weighted by molar-refractivity contribution is -0.161. The maximum atomic E-state index is 12.7. The number of allylic oxidation sites excluding steroid dienone is 2. The summed E-state index contributed by atoms with van der Waals surface area (Å²) in [6.45, 7) is 3.82. The number of phosphoric ester groups is 1. The van der Waals surface area contributed by atoms with Gasteiger partial charge in [-0.15, -0.1) is 0 Å². The first kappa shape index (κ1) is 68.8. The van der Waals surface area contributed by atoms with Gasteiger partial charge in [-0.1, -0.05) is 289 Å². The number of phosphoric acid groups is 1. The van der Waals surface area contributed by atoms with Gasteiger partial charge < -0.3 is 20.1 Å². The fraction of sp³-hybridized carbons (Fsp3) is 0.933. The van der Waals surface area contributed by atoms with Gasteiger partial charge in [0, 0.05) is 19.4 Å². The molecule has 0 amide bonds. The summed E-state index contributed by atoms with van der Waals surface area (Å²) < 4.78 is 33.1. The standard InChI is InChI=1S/C60H118NO8P/c1-3-5-7-9-11-13-15-17-19-21-23-25-27-28-29-31-32-34-36-38-40-42-44-46-48-50-52-59(62)66-56-58(57-68-70(64,65)67-55-54-61)69-60(63)53-51-49-47-45-43-41-39-37-35-33-30-26-24-22-20-18-16-14-12-10-8-6-4-2/h22,24,58H,3-21,23,25-57,61H2,1-2H3,(H,64,65)/b24-22-. The topological polar surface area (TPSA) is 134 Å². The van der Waals surface area contributed by atoms with Crippen LogP contribution in [0.2, 0.25) is 0 Å². The van der Waals surface area contributed by atoms with Crippen LogP contribution in [0, 0.1) is 0 Å². The second-order valence-electron chi connectivity index (χ2n) is 20.9. The van der Waals surface area contributed by atoms with Crippen LogP contribution in [0.5, 0.6) is 0 Å². The predicted octanol–water partition coefficient (Wildman–Crippen LogP) is 19.2. The minimum atomic E-state index is -4.38. The van der Waals surface area contributed by atoms with E-state index in [-0.39, 0.29) is 38.6 Å². The van der Waals surface area contributed by atoms with Crippen LogP contribution in [0.4, 0.5) is 0 Å². The van der Waals surface area contributed by atoms with E-state index in [9.17, 15) is 19.0 Å². The van der Waals surface area contributed by atoms with Crippen molar-refractivity contribution in [2.45, 2.75) is 335 Å². The highest BCUT2D eigenvalue weighted by Crippen LogP contribution is 2.43. The van der Waals surface area contributed by atoms with Gasteiger partial charge in [0.2, 0.25) is 0 Å². The van der Waals surface area contributed by atoms with Crippen LogP contribution >= 0.6 is 7.82 Å². The molecule has 0 fully saturated rings. The summed E-state index contributed by atoms with van der Waals surface area (Å²) in [6.07, 6.45) is 65.6. The third-order valence-electron chi connectivity index (χ3n) is 13.9. The maximum absolute atomic E-state index is 12.7. The molecular formula is C60H118NO8P. The Morgan fingerprint density at radius 1 is 0.414 bits per heavy atom. The van der Waals surface area contributed by atoms with Gasteiger partial charge >= 0.3 is 19.8 Å². The fourth-order valence-corrected chi connectivity index (χ4v) is 10.1. The van der Waals surface area contributed by atoms with E-state index >= 15 is 0 Å². The lowest BCUT2D eigenvalue weighted by Crippen LogP contribution is -2.29. The Kier molecular flexibility index (Phi) is 56.0. The van der Waals surface area contributed by atoms with Gasteiger partial charge in [0.1, 0.15) is 6.61 Å². The highest BCUT2D eigenvalue weighted by atomic mass is 31.2. The van der Waals surface area contributed by atoms with Gasteiger partial charge in [-0.25, -0.2) is 4.57 Å². The number of ether oxygens (including phenoxy) is 2. The maximum Gasteiger partial charge on any atom is 0.472 e. The van der Waals surface area contributed by atoms with Crippen molar-refractivity contribution in [3.63, 3.8) is 0 Å². The monoisotopic (exact) mass is 1010 g/mol. The summed E-state index contributed by atoms with van der Waals surface area (Å²) in [7, 11) is -4.38. The molecule has 0 aromatic heterocycles. The Morgan fingerprint density at radius 2 is 0.700 bits per heavy atom. The van der Waals surface area contributed by atoms with Gasteiger partial charge in [-0.05, 0) is 38.5 Å². The average molecular weight is 1010 g/mol. The molecule has 2 atom stereocenters. The Morgan fingerprint density at radius 3 is 1.01 bits per heavy atom. The highest BCUT2D eigenvalue weighted by molar-refractivity contribution is 7.47. The summed E-state index contributed by atoms with van der Waals surface area (Å²) in [6, 6.07) is 0. The van der Waals surface area contributed by atoms with E-state index in [4.69, 9.17) is 24.3 Å². The molecule has 0 aliphatic rings. The van der Waals surface area contributed by atoms with Crippen LogP contribution in [0.15, 0.2) is 12.2 Å². The minimum absolute atomic E-state index is 0.0569. The summed E-state index contributed by atoms with van der Waals surface area (Å²) in [4.78, 5) is 35.2. The van der Waals surface area contributed by atoms with Crippen LogP contribution in [0.3, 0.4) is 0 Å². The van der Waals surface area contributed by atoms with E-state index in [2.05, 4.69) is 26.0 Å². The number of nitrogens with two attached hydrogens (primary N) is 1. The van der Waals surface area contributed by atoms with Crippen molar-refractivity contribution in [1.82, 2.24) is 0 Å². The van der Waals surface area contributed by atoms with Gasteiger partial charge in [-0.2, -0.15) is 0 Å². The molecule has 0 aromatic carbocycles.